The molecule has 0 aliphatic carbocycles. The van der Waals surface area contributed by atoms with Crippen molar-refractivity contribution >= 4 is 19.0 Å². The number of carbonyl (C=O) groups is 1. The van der Waals surface area contributed by atoms with Crippen LogP contribution < -0.4 is 5.30 Å². The number of rotatable bonds is 4. The van der Waals surface area contributed by atoms with Crippen LogP contribution in [0.15, 0.2) is 60.7 Å². The van der Waals surface area contributed by atoms with Gasteiger partial charge in [0.2, 0.25) is 0 Å². The summed E-state index contributed by atoms with van der Waals surface area (Å²) in [6.45, 7) is 1.63. The van der Waals surface area contributed by atoms with Gasteiger partial charge in [0.1, 0.15) is 5.78 Å². The molecular weight excluding hydrogens is 287 g/mol. The van der Waals surface area contributed by atoms with Gasteiger partial charge in [-0.15, -0.1) is 0 Å². The van der Waals surface area contributed by atoms with Gasteiger partial charge >= 0.3 is 58.3 Å². The van der Waals surface area contributed by atoms with Gasteiger partial charge in [-0.1, -0.05) is 30.3 Å². The molecule has 0 aromatic heterocycles. The summed E-state index contributed by atoms with van der Waals surface area (Å²) < 4.78 is 0. The quantitative estimate of drug-likeness (QED) is 0.755. The molecule has 4 nitrogen and oxygen atoms in total. The Hall–Kier alpha value is -1.58. The molecule has 0 amide bonds. The van der Waals surface area contributed by atoms with Crippen LogP contribution in [0.25, 0.3) is 0 Å². The summed E-state index contributed by atoms with van der Waals surface area (Å²) in [4.78, 5) is 36.8. The van der Waals surface area contributed by atoms with Gasteiger partial charge in [-0.25, -0.2) is 0 Å². The SMILES string of the molecule is CC(=O)CCc1ccccc1.O[PH](O)(O)c1ccccc1. The fourth-order valence-corrected chi connectivity index (χ4v) is 2.27. The van der Waals surface area contributed by atoms with Crippen LogP contribution in [0.3, 0.4) is 0 Å². The summed E-state index contributed by atoms with van der Waals surface area (Å²) in [6.07, 6.45) is 1.53. The molecule has 2 aromatic rings. The first kappa shape index (κ1) is 17.5. The molecule has 0 bridgehead atoms. The van der Waals surface area contributed by atoms with Crippen LogP contribution in [0.2, 0.25) is 0 Å². The van der Waals surface area contributed by atoms with E-state index in [0.29, 0.717) is 6.42 Å². The van der Waals surface area contributed by atoms with Gasteiger partial charge in [0, 0.05) is 6.42 Å². The molecule has 0 radical (unpaired) electrons. The molecular formula is C16H21O4P. The van der Waals surface area contributed by atoms with Gasteiger partial charge in [-0.05, 0) is 18.9 Å². The molecule has 3 N–H and O–H groups in total. The van der Waals surface area contributed by atoms with E-state index in [0.717, 1.165) is 6.42 Å². The number of carbonyl (C=O) groups excluding carboxylic acids is 1. The maximum atomic E-state index is 10.6. The zero-order valence-electron chi connectivity index (χ0n) is 11.9. The van der Waals surface area contributed by atoms with Crippen molar-refractivity contribution in [2.75, 3.05) is 0 Å². The Morgan fingerprint density at radius 2 is 1.38 bits per heavy atom. The van der Waals surface area contributed by atoms with E-state index in [-0.39, 0.29) is 11.1 Å². The molecule has 0 saturated heterocycles. The van der Waals surface area contributed by atoms with E-state index in [1.54, 1.807) is 25.1 Å². The predicted molar refractivity (Wildman–Crippen MR) is 86.5 cm³/mol. The van der Waals surface area contributed by atoms with Gasteiger partial charge < -0.3 is 4.79 Å². The number of aryl methyl sites for hydroxylation is 1. The first-order valence-electron chi connectivity index (χ1n) is 6.65. The van der Waals surface area contributed by atoms with E-state index in [4.69, 9.17) is 14.7 Å². The number of ketones is 1. The van der Waals surface area contributed by atoms with E-state index >= 15 is 0 Å². The minimum atomic E-state index is -4.03. The Kier molecular flexibility index (Phi) is 7.20. The van der Waals surface area contributed by atoms with Gasteiger partial charge in [-0.3, -0.25) is 0 Å². The first-order valence-corrected chi connectivity index (χ1v) is 8.50. The van der Waals surface area contributed by atoms with Crippen molar-refractivity contribution in [3.63, 3.8) is 0 Å². The van der Waals surface area contributed by atoms with Crippen LogP contribution in [0.1, 0.15) is 18.9 Å². The van der Waals surface area contributed by atoms with Crippen LogP contribution in [0.4, 0.5) is 0 Å². The molecule has 0 atom stereocenters. The molecule has 0 saturated carbocycles. The Labute approximate surface area is 125 Å². The van der Waals surface area contributed by atoms with Crippen molar-refractivity contribution < 1.29 is 19.5 Å². The summed E-state index contributed by atoms with van der Waals surface area (Å²) in [5, 5.41) is 0.204. The molecule has 0 aliphatic heterocycles. The van der Waals surface area contributed by atoms with E-state index in [9.17, 15) is 4.79 Å². The van der Waals surface area contributed by atoms with Gasteiger partial charge in [0.25, 0.3) is 0 Å². The Morgan fingerprint density at radius 1 is 0.905 bits per heavy atom. The monoisotopic (exact) mass is 308 g/mol. The number of benzene rings is 2. The molecule has 0 heterocycles. The van der Waals surface area contributed by atoms with E-state index in [1.165, 1.54) is 17.7 Å². The summed E-state index contributed by atoms with van der Waals surface area (Å²) in [7, 11) is -4.03. The third kappa shape index (κ3) is 7.69. The summed E-state index contributed by atoms with van der Waals surface area (Å²) in [5.41, 5.74) is 1.24. The van der Waals surface area contributed by atoms with Crippen molar-refractivity contribution in [1.29, 1.82) is 0 Å². The Balaban J connectivity index is 0.000000211. The second-order valence-electron chi connectivity index (χ2n) is 4.69. The van der Waals surface area contributed by atoms with Crippen LogP contribution in [-0.2, 0) is 11.2 Å². The standard InChI is InChI=1S/C10H12O.C6H9O3P/c1-9(11)7-8-10-5-3-2-4-6-10;7-10(8,9)6-4-2-1-3-5-6/h2-6H,7-8H2,1H3;1-5,7-10H. The molecule has 114 valence electrons. The number of hydrogen-bond acceptors (Lipinski definition) is 4. The van der Waals surface area contributed by atoms with Crippen molar-refractivity contribution in [3.8, 4) is 0 Å². The minimum absolute atomic E-state index is 0.204. The maximum absolute atomic E-state index is 10.6. The summed E-state index contributed by atoms with van der Waals surface area (Å²) in [5.74, 6) is 0.258. The van der Waals surface area contributed by atoms with Gasteiger partial charge in [0.05, 0.1) is 0 Å². The van der Waals surface area contributed by atoms with Crippen molar-refractivity contribution in [2.24, 2.45) is 0 Å². The second-order valence-corrected chi connectivity index (χ2v) is 6.54. The molecule has 0 aliphatic rings. The van der Waals surface area contributed by atoms with Crippen molar-refractivity contribution in [2.45, 2.75) is 19.8 Å². The van der Waals surface area contributed by atoms with Crippen LogP contribution in [0.5, 0.6) is 0 Å². The van der Waals surface area contributed by atoms with E-state index < -0.39 is 7.94 Å². The average Bonchev–Trinajstić information content (AvgIpc) is 2.47. The zero-order valence-corrected chi connectivity index (χ0v) is 12.9. The Bertz CT molecular complexity index is 535. The van der Waals surface area contributed by atoms with Crippen molar-refractivity contribution in [1.82, 2.24) is 0 Å². The third-order valence-electron chi connectivity index (χ3n) is 2.77. The zero-order chi connectivity index (χ0) is 15.7. The van der Waals surface area contributed by atoms with Crippen LogP contribution in [-0.4, -0.2) is 20.5 Å². The Morgan fingerprint density at radius 3 is 1.76 bits per heavy atom. The van der Waals surface area contributed by atoms with Gasteiger partial charge in [-0.2, -0.15) is 0 Å². The second kappa shape index (κ2) is 8.65. The van der Waals surface area contributed by atoms with Crippen LogP contribution in [0, 0.1) is 0 Å². The molecule has 2 aromatic carbocycles. The molecule has 5 heteroatoms. The fraction of sp³-hybridized carbons (Fsp3) is 0.188. The molecule has 0 unspecified atom stereocenters. The molecule has 0 spiro atoms. The molecule has 2 rings (SSSR count). The average molecular weight is 308 g/mol. The number of Topliss-reactive ketones (excluding diaryl/α,β-unsaturated/α-hetero) is 1. The molecule has 21 heavy (non-hydrogen) atoms. The number of hydrogen-bond donors (Lipinski definition) is 3. The van der Waals surface area contributed by atoms with E-state index in [1.807, 2.05) is 30.3 Å². The summed E-state index contributed by atoms with van der Waals surface area (Å²) >= 11 is 0. The van der Waals surface area contributed by atoms with Gasteiger partial charge in [0.15, 0.2) is 0 Å². The predicted octanol–water partition coefficient (Wildman–Crippen LogP) is 1.99. The van der Waals surface area contributed by atoms with E-state index in [2.05, 4.69) is 0 Å². The summed E-state index contributed by atoms with van der Waals surface area (Å²) in [6, 6.07) is 18.0. The third-order valence-corrected chi connectivity index (χ3v) is 3.88. The fourth-order valence-electron chi connectivity index (χ4n) is 1.63. The normalized spacial score (nSPS) is 11.2. The van der Waals surface area contributed by atoms with Crippen LogP contribution >= 0.6 is 7.94 Å². The van der Waals surface area contributed by atoms with Crippen molar-refractivity contribution in [3.05, 3.63) is 66.2 Å². The topological polar surface area (TPSA) is 77.8 Å². The molecule has 0 fully saturated rings. The first-order chi connectivity index (χ1) is 9.89.